The number of hydrogen-bond donors (Lipinski definition) is 2. The minimum Gasteiger partial charge on any atom is -0.289 e. The Kier molecular flexibility index (Phi) is 4.84. The number of nitrogens with one attached hydrogen (secondary N) is 2. The van der Waals surface area contributed by atoms with Crippen LogP contribution in [0.15, 0.2) is 29.2 Å². The second-order valence-electron chi connectivity index (χ2n) is 5.74. The van der Waals surface area contributed by atoms with Crippen LogP contribution in [-0.2, 0) is 9.84 Å². The summed E-state index contributed by atoms with van der Waals surface area (Å²) in [4.78, 5) is 16.6. The lowest BCUT2D eigenvalue weighted by Crippen LogP contribution is -2.21. The number of carbonyl (C=O) groups is 1. The van der Waals surface area contributed by atoms with Crippen molar-refractivity contribution in [3.63, 3.8) is 0 Å². The van der Waals surface area contributed by atoms with Gasteiger partial charge in [0, 0.05) is 5.92 Å². The lowest BCUT2D eigenvalue weighted by Gasteiger charge is -2.12. The van der Waals surface area contributed by atoms with Crippen LogP contribution in [0.2, 0.25) is 0 Å². The van der Waals surface area contributed by atoms with Crippen molar-refractivity contribution in [1.82, 2.24) is 15.2 Å². The van der Waals surface area contributed by atoms with Gasteiger partial charge in [0.25, 0.3) is 5.91 Å². The topological polar surface area (TPSA) is 105 Å². The van der Waals surface area contributed by atoms with Gasteiger partial charge in [0.1, 0.15) is 5.82 Å². The summed E-state index contributed by atoms with van der Waals surface area (Å²) < 4.78 is 24.8. The second-order valence-corrected chi connectivity index (χ2v) is 8.22. The van der Waals surface area contributed by atoms with Crippen molar-refractivity contribution in [2.75, 3.05) is 5.32 Å². The third-order valence-electron chi connectivity index (χ3n) is 3.33. The minimum atomic E-state index is -3.56. The van der Waals surface area contributed by atoms with Gasteiger partial charge in [-0.15, -0.1) is 5.10 Å². The van der Waals surface area contributed by atoms with Crippen LogP contribution >= 0.6 is 0 Å². The fourth-order valence-corrected chi connectivity index (χ4v) is 3.16. The molecule has 2 aromatic rings. The molecule has 0 atom stereocenters. The van der Waals surface area contributed by atoms with Crippen molar-refractivity contribution in [2.45, 2.75) is 43.8 Å². The van der Waals surface area contributed by atoms with Crippen LogP contribution in [-0.4, -0.2) is 34.8 Å². The number of anilines is 1. The average molecular weight is 336 g/mol. The summed E-state index contributed by atoms with van der Waals surface area (Å²) in [5, 5.41) is 8.55. The quantitative estimate of drug-likeness (QED) is 0.872. The molecule has 23 heavy (non-hydrogen) atoms. The molecule has 8 heteroatoms. The molecule has 0 unspecified atom stereocenters. The van der Waals surface area contributed by atoms with Gasteiger partial charge in [0.15, 0.2) is 9.84 Å². The van der Waals surface area contributed by atoms with Crippen LogP contribution in [0.25, 0.3) is 0 Å². The number of amides is 1. The summed E-state index contributed by atoms with van der Waals surface area (Å²) in [6, 6.07) is 6.11. The monoisotopic (exact) mass is 336 g/mol. The van der Waals surface area contributed by atoms with Crippen LogP contribution < -0.4 is 5.32 Å². The maximum atomic E-state index is 12.4. The molecule has 0 aliphatic rings. The Morgan fingerprint density at radius 1 is 1.17 bits per heavy atom. The van der Waals surface area contributed by atoms with E-state index in [9.17, 15) is 13.2 Å². The van der Waals surface area contributed by atoms with E-state index in [0.717, 1.165) is 0 Å². The van der Waals surface area contributed by atoms with E-state index in [0.29, 0.717) is 5.82 Å². The third kappa shape index (κ3) is 3.58. The Hall–Kier alpha value is -2.22. The van der Waals surface area contributed by atoms with E-state index in [4.69, 9.17) is 0 Å². The molecule has 1 amide bonds. The molecule has 0 bridgehead atoms. The highest BCUT2D eigenvalue weighted by Crippen LogP contribution is 2.21. The van der Waals surface area contributed by atoms with Gasteiger partial charge in [-0.05, 0) is 26.0 Å². The molecule has 0 saturated heterocycles. The van der Waals surface area contributed by atoms with E-state index in [1.54, 1.807) is 26.0 Å². The Labute approximate surface area is 135 Å². The molecule has 0 aliphatic heterocycles. The largest absolute Gasteiger partial charge is 0.289 e. The van der Waals surface area contributed by atoms with E-state index >= 15 is 0 Å². The van der Waals surface area contributed by atoms with Crippen molar-refractivity contribution in [3.05, 3.63) is 35.7 Å². The molecule has 0 fully saturated rings. The predicted octanol–water partition coefficient (Wildman–Crippen LogP) is 2.36. The van der Waals surface area contributed by atoms with Crippen LogP contribution in [0.5, 0.6) is 0 Å². The highest BCUT2D eigenvalue weighted by atomic mass is 32.2. The zero-order chi connectivity index (χ0) is 17.2. The van der Waals surface area contributed by atoms with Crippen LogP contribution in [0.1, 0.15) is 49.8 Å². The highest BCUT2D eigenvalue weighted by Gasteiger charge is 2.25. The Balaban J connectivity index is 2.33. The molecule has 0 saturated carbocycles. The van der Waals surface area contributed by atoms with Crippen LogP contribution in [0.3, 0.4) is 0 Å². The maximum absolute atomic E-state index is 12.4. The Morgan fingerprint density at radius 2 is 1.83 bits per heavy atom. The lowest BCUT2D eigenvalue weighted by molar-refractivity contribution is 0.102. The molecule has 2 N–H and O–H groups in total. The lowest BCUT2D eigenvalue weighted by atomic mass is 10.2. The molecule has 2 rings (SSSR count). The summed E-state index contributed by atoms with van der Waals surface area (Å²) in [5.41, 5.74) is 0.0806. The Bertz CT molecular complexity index is 810. The predicted molar refractivity (Wildman–Crippen MR) is 87.2 cm³/mol. The van der Waals surface area contributed by atoms with Gasteiger partial charge in [-0.3, -0.25) is 15.2 Å². The van der Waals surface area contributed by atoms with Crippen molar-refractivity contribution < 1.29 is 13.2 Å². The molecular weight excluding hydrogens is 316 g/mol. The minimum absolute atomic E-state index is 0.00659. The van der Waals surface area contributed by atoms with Crippen molar-refractivity contribution in [3.8, 4) is 0 Å². The Morgan fingerprint density at radius 3 is 2.39 bits per heavy atom. The number of rotatable bonds is 5. The van der Waals surface area contributed by atoms with Crippen molar-refractivity contribution >= 4 is 21.7 Å². The van der Waals surface area contributed by atoms with Gasteiger partial charge in [-0.1, -0.05) is 26.0 Å². The van der Waals surface area contributed by atoms with Gasteiger partial charge >= 0.3 is 0 Å². The number of nitrogens with zero attached hydrogens (tertiary/aromatic N) is 2. The molecule has 0 radical (unpaired) electrons. The standard InChI is InChI=1S/C15H20N4O3S/c1-9(2)13-16-15(19-18-13)17-14(20)11-7-5-6-8-12(11)23(21,22)10(3)4/h5-10H,1-4H3,(H2,16,17,18,19,20). The normalized spacial score (nSPS) is 11.9. The first kappa shape index (κ1) is 17.1. The molecule has 1 aromatic carbocycles. The van der Waals surface area contributed by atoms with E-state index in [-0.39, 0.29) is 22.3 Å². The number of carbonyl (C=O) groups excluding carboxylic acids is 1. The van der Waals surface area contributed by atoms with E-state index in [1.807, 2.05) is 13.8 Å². The summed E-state index contributed by atoms with van der Waals surface area (Å²) in [6.07, 6.45) is 0. The van der Waals surface area contributed by atoms with Crippen LogP contribution in [0, 0.1) is 0 Å². The molecule has 1 aromatic heterocycles. The SMILES string of the molecule is CC(C)c1nc(NC(=O)c2ccccc2S(=O)(=O)C(C)C)n[nH]1. The van der Waals surface area contributed by atoms with Crippen molar-refractivity contribution in [2.24, 2.45) is 0 Å². The van der Waals surface area contributed by atoms with Gasteiger partial charge in [-0.25, -0.2) is 8.42 Å². The molecule has 0 spiro atoms. The van der Waals surface area contributed by atoms with E-state index < -0.39 is 21.0 Å². The van der Waals surface area contributed by atoms with E-state index in [2.05, 4.69) is 20.5 Å². The smallest absolute Gasteiger partial charge is 0.259 e. The van der Waals surface area contributed by atoms with Gasteiger partial charge in [-0.2, -0.15) is 4.98 Å². The van der Waals surface area contributed by atoms with E-state index in [1.165, 1.54) is 12.1 Å². The van der Waals surface area contributed by atoms with Crippen LogP contribution in [0.4, 0.5) is 5.95 Å². The zero-order valence-corrected chi connectivity index (χ0v) is 14.3. The number of sulfone groups is 1. The number of aromatic amines is 1. The van der Waals surface area contributed by atoms with Crippen molar-refractivity contribution in [1.29, 1.82) is 0 Å². The van der Waals surface area contributed by atoms with Gasteiger partial charge in [0.05, 0.1) is 15.7 Å². The third-order valence-corrected chi connectivity index (χ3v) is 5.54. The summed E-state index contributed by atoms with van der Waals surface area (Å²) >= 11 is 0. The molecule has 0 aliphatic carbocycles. The number of H-pyrrole nitrogens is 1. The zero-order valence-electron chi connectivity index (χ0n) is 13.5. The molecular formula is C15H20N4O3S. The maximum Gasteiger partial charge on any atom is 0.259 e. The van der Waals surface area contributed by atoms with Gasteiger partial charge in [0.2, 0.25) is 5.95 Å². The molecule has 7 nitrogen and oxygen atoms in total. The summed E-state index contributed by atoms with van der Waals surface area (Å²) in [5.74, 6) is 0.347. The highest BCUT2D eigenvalue weighted by molar-refractivity contribution is 7.92. The number of benzene rings is 1. The first-order valence-electron chi connectivity index (χ1n) is 7.30. The number of hydrogen-bond acceptors (Lipinski definition) is 5. The molecule has 1 heterocycles. The fourth-order valence-electron chi connectivity index (χ4n) is 1.91. The second kappa shape index (κ2) is 6.49. The summed E-state index contributed by atoms with van der Waals surface area (Å²) in [6.45, 7) is 7.04. The summed E-state index contributed by atoms with van der Waals surface area (Å²) in [7, 11) is -3.56. The molecule has 124 valence electrons. The average Bonchev–Trinajstić information content (AvgIpc) is 2.95. The fraction of sp³-hybridized carbons (Fsp3) is 0.400. The first-order chi connectivity index (χ1) is 10.7. The van der Waals surface area contributed by atoms with Gasteiger partial charge < -0.3 is 0 Å². The number of aromatic nitrogens is 3. The first-order valence-corrected chi connectivity index (χ1v) is 8.84.